The van der Waals surface area contributed by atoms with E-state index in [1.807, 2.05) is 26.0 Å². The van der Waals surface area contributed by atoms with E-state index >= 15 is 0 Å². The summed E-state index contributed by atoms with van der Waals surface area (Å²) in [6, 6.07) is 8.76. The van der Waals surface area contributed by atoms with Gasteiger partial charge in [0.1, 0.15) is 16.9 Å². The largest absolute Gasteiger partial charge is 0.486 e. The number of piperidine rings is 1. The fraction of sp³-hybridized carbons (Fsp3) is 0.440. The molecular weight excluding hydrogens is 412 g/mol. The Bertz CT molecular complexity index is 1190. The number of aromatic nitrogens is 1. The molecule has 0 saturated carbocycles. The van der Waals surface area contributed by atoms with Gasteiger partial charge < -0.3 is 14.1 Å². The highest BCUT2D eigenvalue weighted by Crippen LogP contribution is 2.43. The molecule has 6 heteroatoms. The number of rotatable bonds is 2. The van der Waals surface area contributed by atoms with Gasteiger partial charge >= 0.3 is 0 Å². The molecule has 0 unspecified atom stereocenters. The molecule has 31 heavy (non-hydrogen) atoms. The topological polar surface area (TPSA) is 55.6 Å². The predicted octanol–water partition coefficient (Wildman–Crippen LogP) is 6.23. The van der Waals surface area contributed by atoms with Gasteiger partial charge in [0.25, 0.3) is 6.01 Å². The number of aryl methyl sites for hydroxylation is 1. The Morgan fingerprint density at radius 3 is 2.61 bits per heavy atom. The van der Waals surface area contributed by atoms with Crippen molar-refractivity contribution in [3.05, 3.63) is 51.5 Å². The third-order valence-corrected chi connectivity index (χ3v) is 7.33. The van der Waals surface area contributed by atoms with Crippen LogP contribution in [0.25, 0.3) is 11.1 Å². The van der Waals surface area contributed by atoms with Crippen LogP contribution in [0.1, 0.15) is 66.1 Å². The number of ketones is 1. The molecule has 3 heterocycles. The van der Waals surface area contributed by atoms with Gasteiger partial charge in [0, 0.05) is 31.0 Å². The normalized spacial score (nSPS) is 18.0. The van der Waals surface area contributed by atoms with Gasteiger partial charge in [-0.05, 0) is 54.7 Å². The van der Waals surface area contributed by atoms with Crippen LogP contribution in [-0.4, -0.2) is 29.5 Å². The molecule has 0 aliphatic carbocycles. The van der Waals surface area contributed by atoms with E-state index in [9.17, 15) is 4.79 Å². The minimum Gasteiger partial charge on any atom is -0.486 e. The Kier molecular flexibility index (Phi) is 4.78. The van der Waals surface area contributed by atoms with Gasteiger partial charge in [-0.25, -0.2) is 0 Å². The van der Waals surface area contributed by atoms with E-state index in [1.54, 1.807) is 0 Å². The standard InChI is InChI=1S/C25H27ClN2O3/c1-14(2)17-5-6-20-18(12-17)27-24(30-20)28-9-7-25(8-10-28)13-19(29)22-16(4)23(26)15(3)11-21(22)31-25/h5-6,11-12,14H,7-10,13H2,1-4H3. The Morgan fingerprint density at radius 2 is 1.90 bits per heavy atom. The monoisotopic (exact) mass is 438 g/mol. The number of halogens is 1. The van der Waals surface area contributed by atoms with Crippen LogP contribution < -0.4 is 9.64 Å². The number of hydrogen-bond acceptors (Lipinski definition) is 5. The van der Waals surface area contributed by atoms with Crippen molar-refractivity contribution in [3.8, 4) is 5.75 Å². The first-order valence-corrected chi connectivity index (χ1v) is 11.3. The zero-order valence-corrected chi connectivity index (χ0v) is 19.2. The third kappa shape index (κ3) is 3.39. The molecule has 162 valence electrons. The van der Waals surface area contributed by atoms with E-state index in [2.05, 4.69) is 30.9 Å². The number of fused-ring (bicyclic) bond motifs is 2. The number of carbonyl (C=O) groups is 1. The highest BCUT2D eigenvalue weighted by molar-refractivity contribution is 6.32. The first-order chi connectivity index (χ1) is 14.8. The molecule has 1 saturated heterocycles. The quantitative estimate of drug-likeness (QED) is 0.475. The average molecular weight is 439 g/mol. The summed E-state index contributed by atoms with van der Waals surface area (Å²) in [6.45, 7) is 9.66. The highest BCUT2D eigenvalue weighted by atomic mass is 35.5. The lowest BCUT2D eigenvalue weighted by atomic mass is 9.81. The molecule has 0 bridgehead atoms. The highest BCUT2D eigenvalue weighted by Gasteiger charge is 2.44. The molecule has 0 atom stereocenters. The number of hydrogen-bond donors (Lipinski definition) is 0. The summed E-state index contributed by atoms with van der Waals surface area (Å²) in [5.41, 5.74) is 4.88. The molecule has 2 aliphatic heterocycles. The lowest BCUT2D eigenvalue weighted by Crippen LogP contribution is -2.51. The van der Waals surface area contributed by atoms with Crippen molar-refractivity contribution in [1.29, 1.82) is 0 Å². The summed E-state index contributed by atoms with van der Waals surface area (Å²) in [7, 11) is 0. The maximum Gasteiger partial charge on any atom is 0.298 e. The second-order valence-corrected chi connectivity index (χ2v) is 9.63. The van der Waals surface area contributed by atoms with Crippen LogP contribution in [0.4, 0.5) is 6.01 Å². The van der Waals surface area contributed by atoms with Crippen LogP contribution in [0, 0.1) is 13.8 Å². The predicted molar refractivity (Wildman–Crippen MR) is 123 cm³/mol. The molecule has 0 radical (unpaired) electrons. The van der Waals surface area contributed by atoms with Crippen LogP contribution >= 0.6 is 11.6 Å². The number of nitrogens with zero attached hydrogens (tertiary/aromatic N) is 2. The molecular formula is C25H27ClN2O3. The number of carbonyl (C=O) groups excluding carboxylic acids is 1. The summed E-state index contributed by atoms with van der Waals surface area (Å²) in [4.78, 5) is 19.9. The van der Waals surface area contributed by atoms with E-state index in [4.69, 9.17) is 25.7 Å². The molecule has 1 spiro atoms. The van der Waals surface area contributed by atoms with E-state index < -0.39 is 5.60 Å². The van der Waals surface area contributed by atoms with Crippen LogP contribution in [0.2, 0.25) is 5.02 Å². The van der Waals surface area contributed by atoms with Crippen molar-refractivity contribution in [2.75, 3.05) is 18.0 Å². The van der Waals surface area contributed by atoms with Crippen molar-refractivity contribution in [2.45, 2.75) is 58.5 Å². The number of ether oxygens (including phenoxy) is 1. The van der Waals surface area contributed by atoms with Crippen molar-refractivity contribution >= 4 is 34.5 Å². The smallest absolute Gasteiger partial charge is 0.298 e. The summed E-state index contributed by atoms with van der Waals surface area (Å²) in [5, 5.41) is 0.651. The number of anilines is 1. The fourth-order valence-electron chi connectivity index (χ4n) is 4.81. The molecule has 3 aromatic rings. The van der Waals surface area contributed by atoms with Crippen LogP contribution in [0.5, 0.6) is 5.75 Å². The van der Waals surface area contributed by atoms with Gasteiger partial charge in [-0.3, -0.25) is 4.79 Å². The van der Waals surface area contributed by atoms with Gasteiger partial charge in [0.15, 0.2) is 11.4 Å². The zero-order chi connectivity index (χ0) is 21.9. The van der Waals surface area contributed by atoms with Crippen molar-refractivity contribution in [2.24, 2.45) is 0 Å². The molecule has 2 aliphatic rings. The second kappa shape index (κ2) is 7.27. The molecule has 0 N–H and O–H groups in total. The summed E-state index contributed by atoms with van der Waals surface area (Å²) < 4.78 is 12.5. The molecule has 2 aromatic carbocycles. The lowest BCUT2D eigenvalue weighted by Gasteiger charge is -2.44. The minimum absolute atomic E-state index is 0.122. The Labute approximate surface area is 187 Å². The van der Waals surface area contributed by atoms with Gasteiger partial charge in [0.2, 0.25) is 0 Å². The molecule has 1 aromatic heterocycles. The number of benzene rings is 2. The SMILES string of the molecule is Cc1cc2c(c(C)c1Cl)C(=O)CC1(CCN(c3nc4cc(C(C)C)ccc4o3)CC1)O2. The van der Waals surface area contributed by atoms with Crippen LogP contribution in [0.15, 0.2) is 28.7 Å². The Balaban J connectivity index is 1.37. The van der Waals surface area contributed by atoms with E-state index in [1.165, 1.54) is 5.56 Å². The lowest BCUT2D eigenvalue weighted by molar-refractivity contribution is 0.0225. The van der Waals surface area contributed by atoms with Gasteiger partial charge in [-0.1, -0.05) is 31.5 Å². The van der Waals surface area contributed by atoms with Crippen molar-refractivity contribution in [3.63, 3.8) is 0 Å². The van der Waals surface area contributed by atoms with Crippen LogP contribution in [-0.2, 0) is 0 Å². The van der Waals surface area contributed by atoms with Crippen LogP contribution in [0.3, 0.4) is 0 Å². The minimum atomic E-state index is -0.468. The first-order valence-electron chi connectivity index (χ1n) is 10.9. The summed E-state index contributed by atoms with van der Waals surface area (Å²) in [5.74, 6) is 1.25. The maximum atomic E-state index is 13.0. The van der Waals surface area contributed by atoms with Crippen molar-refractivity contribution in [1.82, 2.24) is 4.98 Å². The maximum absolute atomic E-state index is 13.0. The van der Waals surface area contributed by atoms with Crippen molar-refractivity contribution < 1.29 is 13.9 Å². The summed E-state index contributed by atoms with van der Waals surface area (Å²) >= 11 is 6.37. The number of Topliss-reactive ketones (excluding diaryl/α,β-unsaturated/α-hetero) is 1. The average Bonchev–Trinajstić information content (AvgIpc) is 3.15. The molecule has 5 nitrogen and oxygen atoms in total. The molecule has 5 rings (SSSR count). The molecule has 0 amide bonds. The summed E-state index contributed by atoms with van der Waals surface area (Å²) in [6.07, 6.45) is 1.88. The van der Waals surface area contributed by atoms with E-state index in [0.29, 0.717) is 34.7 Å². The van der Waals surface area contributed by atoms with E-state index in [0.717, 1.165) is 48.2 Å². The van der Waals surface area contributed by atoms with Gasteiger partial charge in [0.05, 0.1) is 12.0 Å². The first kappa shape index (κ1) is 20.4. The van der Waals surface area contributed by atoms with E-state index in [-0.39, 0.29) is 5.78 Å². The molecule has 1 fully saturated rings. The number of oxazole rings is 1. The fourth-order valence-corrected chi connectivity index (χ4v) is 4.96. The Hall–Kier alpha value is -2.53. The zero-order valence-electron chi connectivity index (χ0n) is 18.4. The van der Waals surface area contributed by atoms with Gasteiger partial charge in [-0.15, -0.1) is 0 Å². The Morgan fingerprint density at radius 1 is 1.16 bits per heavy atom. The second-order valence-electron chi connectivity index (χ2n) is 9.26. The third-order valence-electron chi connectivity index (χ3n) is 6.74. The van der Waals surface area contributed by atoms with Gasteiger partial charge in [-0.2, -0.15) is 4.98 Å².